The summed E-state index contributed by atoms with van der Waals surface area (Å²) in [6.07, 6.45) is 4.24. The molecule has 0 atom stereocenters. The first kappa shape index (κ1) is 20.2. The number of fused-ring (bicyclic) bond motifs is 1. The van der Waals surface area contributed by atoms with Crippen LogP contribution in [0.4, 0.5) is 0 Å². The van der Waals surface area contributed by atoms with Crippen LogP contribution in [0.1, 0.15) is 27.9 Å². The van der Waals surface area contributed by atoms with Gasteiger partial charge < -0.3 is 21.7 Å². The second kappa shape index (κ2) is 8.61. The number of aryl methyl sites for hydroxylation is 3. The lowest BCUT2D eigenvalue weighted by atomic mass is 10.1. The molecule has 0 radical (unpaired) electrons. The molecule has 0 aliphatic rings. The first-order valence-electron chi connectivity index (χ1n) is 9.34. The van der Waals surface area contributed by atoms with Gasteiger partial charge in [-0.15, -0.1) is 0 Å². The summed E-state index contributed by atoms with van der Waals surface area (Å²) in [5, 5.41) is 0. The van der Waals surface area contributed by atoms with Gasteiger partial charge in [0.1, 0.15) is 25.0 Å². The zero-order valence-electron chi connectivity index (χ0n) is 16.5. The van der Waals surface area contributed by atoms with Crippen LogP contribution >= 0.6 is 0 Å². The molecule has 0 aliphatic heterocycles. The summed E-state index contributed by atoms with van der Waals surface area (Å²) >= 11 is 0. The first-order valence-corrected chi connectivity index (χ1v) is 9.34. The number of pyridine rings is 1. The normalized spacial score (nSPS) is 10.7. The fourth-order valence-electron chi connectivity index (χ4n) is 3.70. The highest BCUT2D eigenvalue weighted by Gasteiger charge is 2.20. The number of aromatic nitrogens is 2. The molecule has 4 aromatic rings. The average Bonchev–Trinajstić information content (AvgIpc) is 2.96. The molecule has 0 bridgehead atoms. The standard InChI is InChI=1S/C24H25N2O.BrH/c1-18-12-19(2)14-22(13-18)16-26-20(3)15-25-11-7-10-23(24(25)26)27-17-21-8-5-4-6-9-21;/h4-15H,16-17H2,1-3H3;1H/q+1;/p-1. The Morgan fingerprint density at radius 1 is 0.857 bits per heavy atom. The van der Waals surface area contributed by atoms with Crippen LogP contribution in [0.2, 0.25) is 0 Å². The summed E-state index contributed by atoms with van der Waals surface area (Å²) in [5.74, 6) is 0.902. The average molecular weight is 437 g/mol. The smallest absolute Gasteiger partial charge is 0.329 e. The van der Waals surface area contributed by atoms with Gasteiger partial charge in [0.15, 0.2) is 0 Å². The van der Waals surface area contributed by atoms with E-state index in [-0.39, 0.29) is 17.0 Å². The van der Waals surface area contributed by atoms with Gasteiger partial charge in [-0.3, -0.25) is 0 Å². The Morgan fingerprint density at radius 2 is 1.57 bits per heavy atom. The molecule has 4 heteroatoms. The molecule has 28 heavy (non-hydrogen) atoms. The van der Waals surface area contributed by atoms with E-state index in [1.165, 1.54) is 27.9 Å². The maximum absolute atomic E-state index is 6.20. The minimum Gasteiger partial charge on any atom is -1.00 e. The Morgan fingerprint density at radius 3 is 2.29 bits per heavy atom. The lowest BCUT2D eigenvalue weighted by molar-refractivity contribution is -0.511. The van der Waals surface area contributed by atoms with Gasteiger partial charge in [-0.05, 0) is 37.1 Å². The van der Waals surface area contributed by atoms with Crippen molar-refractivity contribution in [3.63, 3.8) is 0 Å². The van der Waals surface area contributed by atoms with Crippen LogP contribution in [0, 0.1) is 20.8 Å². The Balaban J connectivity index is 0.00000225. The number of hydrogen-bond acceptors (Lipinski definition) is 1. The highest BCUT2D eigenvalue weighted by atomic mass is 79.9. The Kier molecular flexibility index (Phi) is 6.20. The lowest BCUT2D eigenvalue weighted by Crippen LogP contribution is -3.00. The maximum Gasteiger partial charge on any atom is 0.329 e. The summed E-state index contributed by atoms with van der Waals surface area (Å²) < 4.78 is 10.7. The molecular formula is C24H25BrN2O. The quantitative estimate of drug-likeness (QED) is 0.436. The van der Waals surface area contributed by atoms with Gasteiger partial charge in [0.05, 0.1) is 6.20 Å². The molecular weight excluding hydrogens is 412 g/mol. The molecule has 0 saturated heterocycles. The van der Waals surface area contributed by atoms with E-state index >= 15 is 0 Å². The summed E-state index contributed by atoms with van der Waals surface area (Å²) in [6, 6.07) is 21.1. The van der Waals surface area contributed by atoms with E-state index in [2.05, 4.69) is 78.5 Å². The van der Waals surface area contributed by atoms with Crippen molar-refractivity contribution >= 4 is 5.65 Å². The second-order valence-electron chi connectivity index (χ2n) is 7.23. The number of rotatable bonds is 5. The molecule has 0 amide bonds. The molecule has 144 valence electrons. The summed E-state index contributed by atoms with van der Waals surface area (Å²) in [6.45, 7) is 7.85. The van der Waals surface area contributed by atoms with Crippen LogP contribution < -0.4 is 26.1 Å². The monoisotopic (exact) mass is 436 g/mol. The van der Waals surface area contributed by atoms with Crippen molar-refractivity contribution in [2.24, 2.45) is 0 Å². The molecule has 0 aliphatic carbocycles. The second-order valence-corrected chi connectivity index (χ2v) is 7.23. The van der Waals surface area contributed by atoms with E-state index in [9.17, 15) is 0 Å². The molecule has 2 aromatic heterocycles. The van der Waals surface area contributed by atoms with Crippen LogP contribution in [0.15, 0.2) is 73.1 Å². The molecule has 0 fully saturated rings. The van der Waals surface area contributed by atoms with E-state index in [1.807, 2.05) is 24.3 Å². The predicted molar refractivity (Wildman–Crippen MR) is 108 cm³/mol. The van der Waals surface area contributed by atoms with Gasteiger partial charge in [0.25, 0.3) is 0 Å². The van der Waals surface area contributed by atoms with E-state index in [4.69, 9.17) is 4.74 Å². The van der Waals surface area contributed by atoms with Crippen LogP contribution in [0.3, 0.4) is 0 Å². The highest BCUT2D eigenvalue weighted by Crippen LogP contribution is 2.21. The Hall–Kier alpha value is -2.59. The highest BCUT2D eigenvalue weighted by molar-refractivity contribution is 5.50. The molecule has 2 heterocycles. The van der Waals surface area contributed by atoms with Crippen molar-refractivity contribution in [3.05, 3.63) is 101 Å². The molecule has 0 spiro atoms. The number of imidazole rings is 1. The molecule has 4 rings (SSSR count). The predicted octanol–water partition coefficient (Wildman–Crippen LogP) is 1.78. The molecule has 0 unspecified atom stereocenters. The van der Waals surface area contributed by atoms with E-state index in [1.54, 1.807) is 0 Å². The van der Waals surface area contributed by atoms with Crippen molar-refractivity contribution in [2.75, 3.05) is 0 Å². The summed E-state index contributed by atoms with van der Waals surface area (Å²) in [5.41, 5.74) is 7.38. The molecule has 0 N–H and O–H groups in total. The summed E-state index contributed by atoms with van der Waals surface area (Å²) in [4.78, 5) is 0. The number of hydrogen-bond donors (Lipinski definition) is 0. The summed E-state index contributed by atoms with van der Waals surface area (Å²) in [7, 11) is 0. The number of ether oxygens (including phenoxy) is 1. The zero-order valence-corrected chi connectivity index (χ0v) is 18.1. The van der Waals surface area contributed by atoms with Crippen molar-refractivity contribution in [1.29, 1.82) is 0 Å². The van der Waals surface area contributed by atoms with Gasteiger partial charge in [-0.2, -0.15) is 4.40 Å². The van der Waals surface area contributed by atoms with Gasteiger partial charge in [0, 0.05) is 6.92 Å². The van der Waals surface area contributed by atoms with Crippen LogP contribution in [0.25, 0.3) is 5.65 Å². The fraction of sp³-hybridized carbons (Fsp3) is 0.208. The topological polar surface area (TPSA) is 18.3 Å². The van der Waals surface area contributed by atoms with E-state index < -0.39 is 0 Å². The van der Waals surface area contributed by atoms with Crippen LogP contribution in [-0.4, -0.2) is 4.57 Å². The first-order chi connectivity index (χ1) is 13.1. The maximum atomic E-state index is 6.20. The molecule has 2 aromatic carbocycles. The van der Waals surface area contributed by atoms with Crippen LogP contribution in [-0.2, 0) is 13.2 Å². The van der Waals surface area contributed by atoms with Crippen molar-refractivity contribution in [3.8, 4) is 5.75 Å². The lowest BCUT2D eigenvalue weighted by Gasteiger charge is -2.08. The van der Waals surface area contributed by atoms with E-state index in [0.717, 1.165) is 17.9 Å². The zero-order chi connectivity index (χ0) is 18.8. The van der Waals surface area contributed by atoms with E-state index in [0.29, 0.717) is 6.61 Å². The van der Waals surface area contributed by atoms with Gasteiger partial charge in [-0.25, -0.2) is 4.57 Å². The molecule has 3 nitrogen and oxygen atoms in total. The van der Waals surface area contributed by atoms with Gasteiger partial charge >= 0.3 is 5.65 Å². The SMILES string of the molecule is Cc1cc(C)cc(Cn2c(C)c[n+]3cccc(OCc4ccccc4)c23)c1.[Br-]. The number of benzene rings is 2. The minimum absolute atomic E-state index is 0. The molecule has 0 saturated carbocycles. The van der Waals surface area contributed by atoms with Gasteiger partial charge in [-0.1, -0.05) is 59.7 Å². The third-order valence-electron chi connectivity index (χ3n) is 4.83. The van der Waals surface area contributed by atoms with Crippen molar-refractivity contribution in [1.82, 2.24) is 4.57 Å². The van der Waals surface area contributed by atoms with Crippen molar-refractivity contribution in [2.45, 2.75) is 33.9 Å². The van der Waals surface area contributed by atoms with Gasteiger partial charge in [0.2, 0.25) is 5.75 Å². The van der Waals surface area contributed by atoms with Crippen molar-refractivity contribution < 1.29 is 26.1 Å². The third kappa shape index (κ3) is 4.28. The Bertz CT molecular complexity index is 1070. The Labute approximate surface area is 177 Å². The minimum atomic E-state index is 0. The fourth-order valence-corrected chi connectivity index (χ4v) is 3.70. The third-order valence-corrected chi connectivity index (χ3v) is 4.83. The number of nitrogens with zero attached hydrogens (tertiary/aromatic N) is 2. The van der Waals surface area contributed by atoms with Crippen LogP contribution in [0.5, 0.6) is 5.75 Å². The number of halogens is 1. The largest absolute Gasteiger partial charge is 1.00 e.